The lowest BCUT2D eigenvalue weighted by Gasteiger charge is -2.20. The molecule has 0 bridgehead atoms. The van der Waals surface area contributed by atoms with Crippen molar-refractivity contribution in [1.29, 1.82) is 0 Å². The van der Waals surface area contributed by atoms with Crippen LogP contribution in [0.2, 0.25) is 0 Å². The van der Waals surface area contributed by atoms with Crippen molar-refractivity contribution in [2.24, 2.45) is 5.92 Å². The van der Waals surface area contributed by atoms with E-state index in [1.807, 2.05) is 26.8 Å². The molecule has 0 radical (unpaired) electrons. The topological polar surface area (TPSA) is 75.1 Å². The standard InChI is InChI=1S/C18H21N3O2/c1-4-10(2)18(23)21-17-11(3)19-16-14-7-6-13(22)9-12(14)5-8-15(16)20-17/h6-7,9-10,22H,4-5,8H2,1-3H3,(H,20,21,23). The number of aryl methyl sites for hydroxylation is 3. The van der Waals surface area contributed by atoms with Crippen LogP contribution in [0, 0.1) is 12.8 Å². The summed E-state index contributed by atoms with van der Waals surface area (Å²) in [5.41, 5.74) is 4.56. The minimum absolute atomic E-state index is 0.0222. The number of hydrogen-bond acceptors (Lipinski definition) is 4. The summed E-state index contributed by atoms with van der Waals surface area (Å²) in [5, 5.41) is 12.5. The van der Waals surface area contributed by atoms with Gasteiger partial charge in [0.1, 0.15) is 5.75 Å². The molecule has 1 aromatic carbocycles. The van der Waals surface area contributed by atoms with E-state index in [2.05, 4.69) is 15.3 Å². The number of phenols is 1. The van der Waals surface area contributed by atoms with E-state index in [-0.39, 0.29) is 17.6 Å². The fourth-order valence-electron chi connectivity index (χ4n) is 2.76. The normalized spacial score (nSPS) is 13.9. The molecule has 120 valence electrons. The predicted octanol–water partition coefficient (Wildman–Crippen LogP) is 3.24. The van der Waals surface area contributed by atoms with Crippen LogP contribution >= 0.6 is 0 Å². The van der Waals surface area contributed by atoms with Gasteiger partial charge in [0.25, 0.3) is 0 Å². The monoisotopic (exact) mass is 311 g/mol. The maximum atomic E-state index is 12.1. The number of nitrogens with zero attached hydrogens (tertiary/aromatic N) is 2. The fraction of sp³-hybridized carbons (Fsp3) is 0.389. The highest BCUT2D eigenvalue weighted by molar-refractivity contribution is 5.92. The number of hydrogen-bond donors (Lipinski definition) is 2. The molecule has 1 atom stereocenters. The van der Waals surface area contributed by atoms with Crippen LogP contribution in [0.15, 0.2) is 18.2 Å². The van der Waals surface area contributed by atoms with Gasteiger partial charge in [-0.15, -0.1) is 0 Å². The van der Waals surface area contributed by atoms with Crippen molar-refractivity contribution in [3.63, 3.8) is 0 Å². The predicted molar refractivity (Wildman–Crippen MR) is 89.4 cm³/mol. The SMILES string of the molecule is CCC(C)C(=O)Nc1nc2c(nc1C)-c1ccc(O)cc1CC2. The molecule has 2 aromatic rings. The molecular formula is C18H21N3O2. The van der Waals surface area contributed by atoms with E-state index in [1.54, 1.807) is 12.1 Å². The lowest BCUT2D eigenvalue weighted by Crippen LogP contribution is -2.22. The van der Waals surface area contributed by atoms with Crippen molar-refractivity contribution in [1.82, 2.24) is 9.97 Å². The Morgan fingerprint density at radius 2 is 2.13 bits per heavy atom. The van der Waals surface area contributed by atoms with Gasteiger partial charge in [-0.2, -0.15) is 0 Å². The summed E-state index contributed by atoms with van der Waals surface area (Å²) in [6.45, 7) is 5.75. The van der Waals surface area contributed by atoms with Crippen molar-refractivity contribution < 1.29 is 9.90 Å². The summed E-state index contributed by atoms with van der Waals surface area (Å²) in [7, 11) is 0. The molecule has 1 heterocycles. The van der Waals surface area contributed by atoms with E-state index < -0.39 is 0 Å². The average molecular weight is 311 g/mol. The Kier molecular flexibility index (Phi) is 4.03. The molecule has 1 aliphatic carbocycles. The summed E-state index contributed by atoms with van der Waals surface area (Å²) in [4.78, 5) is 21.4. The molecular weight excluding hydrogens is 290 g/mol. The number of carbonyl (C=O) groups excluding carboxylic acids is 1. The third-order valence-corrected chi connectivity index (χ3v) is 4.42. The number of nitrogens with one attached hydrogen (secondary N) is 1. The lowest BCUT2D eigenvalue weighted by molar-refractivity contribution is -0.119. The first kappa shape index (κ1) is 15.5. The second-order valence-corrected chi connectivity index (χ2v) is 6.09. The molecule has 0 saturated carbocycles. The molecule has 1 aromatic heterocycles. The first-order valence-corrected chi connectivity index (χ1v) is 8.00. The highest BCUT2D eigenvalue weighted by Crippen LogP contribution is 2.34. The van der Waals surface area contributed by atoms with Crippen LogP contribution in [0.5, 0.6) is 5.75 Å². The Balaban J connectivity index is 1.97. The smallest absolute Gasteiger partial charge is 0.228 e. The zero-order chi connectivity index (χ0) is 16.6. The van der Waals surface area contributed by atoms with E-state index in [9.17, 15) is 9.90 Å². The number of carbonyl (C=O) groups is 1. The van der Waals surface area contributed by atoms with Crippen molar-refractivity contribution in [2.75, 3.05) is 5.32 Å². The third-order valence-electron chi connectivity index (χ3n) is 4.42. The van der Waals surface area contributed by atoms with Gasteiger partial charge in [0.05, 0.1) is 17.1 Å². The van der Waals surface area contributed by atoms with Gasteiger partial charge >= 0.3 is 0 Å². The second-order valence-electron chi connectivity index (χ2n) is 6.09. The van der Waals surface area contributed by atoms with Crippen LogP contribution in [-0.2, 0) is 17.6 Å². The molecule has 3 rings (SSSR count). The highest BCUT2D eigenvalue weighted by atomic mass is 16.3. The average Bonchev–Trinajstić information content (AvgIpc) is 2.54. The Hall–Kier alpha value is -2.43. The van der Waals surface area contributed by atoms with Crippen LogP contribution in [0.25, 0.3) is 11.3 Å². The first-order chi connectivity index (χ1) is 11.0. The molecule has 1 aliphatic rings. The summed E-state index contributed by atoms with van der Waals surface area (Å²) in [5.74, 6) is 0.757. The van der Waals surface area contributed by atoms with Gasteiger partial charge < -0.3 is 10.4 Å². The molecule has 1 amide bonds. The largest absolute Gasteiger partial charge is 0.508 e. The summed E-state index contributed by atoms with van der Waals surface area (Å²) in [6, 6.07) is 5.34. The van der Waals surface area contributed by atoms with Gasteiger partial charge in [-0.3, -0.25) is 4.79 Å². The van der Waals surface area contributed by atoms with E-state index in [4.69, 9.17) is 0 Å². The maximum absolute atomic E-state index is 12.1. The number of aromatic hydroxyl groups is 1. The first-order valence-electron chi connectivity index (χ1n) is 8.00. The van der Waals surface area contributed by atoms with E-state index in [1.165, 1.54) is 0 Å². The van der Waals surface area contributed by atoms with Gasteiger partial charge in [-0.25, -0.2) is 9.97 Å². The molecule has 0 fully saturated rings. The van der Waals surface area contributed by atoms with Gasteiger partial charge in [0, 0.05) is 11.5 Å². The Morgan fingerprint density at radius 1 is 1.35 bits per heavy atom. The van der Waals surface area contributed by atoms with Gasteiger partial charge in [0.2, 0.25) is 5.91 Å². The summed E-state index contributed by atoms with van der Waals surface area (Å²) < 4.78 is 0. The molecule has 23 heavy (non-hydrogen) atoms. The highest BCUT2D eigenvalue weighted by Gasteiger charge is 2.22. The van der Waals surface area contributed by atoms with Crippen LogP contribution in [0.1, 0.15) is 37.2 Å². The minimum Gasteiger partial charge on any atom is -0.508 e. The summed E-state index contributed by atoms with van der Waals surface area (Å²) >= 11 is 0. The van der Waals surface area contributed by atoms with Crippen molar-refractivity contribution in [3.8, 4) is 17.0 Å². The summed E-state index contributed by atoms with van der Waals surface area (Å²) in [6.07, 6.45) is 2.36. The number of amides is 1. The number of benzene rings is 1. The number of phenolic OH excluding ortho intramolecular Hbond substituents is 1. The van der Waals surface area contributed by atoms with Crippen LogP contribution in [-0.4, -0.2) is 21.0 Å². The number of anilines is 1. The van der Waals surface area contributed by atoms with E-state index in [0.29, 0.717) is 11.5 Å². The van der Waals surface area contributed by atoms with Crippen molar-refractivity contribution >= 4 is 11.7 Å². The van der Waals surface area contributed by atoms with Crippen molar-refractivity contribution in [2.45, 2.75) is 40.0 Å². The second kappa shape index (κ2) is 5.99. The van der Waals surface area contributed by atoms with E-state index >= 15 is 0 Å². The van der Waals surface area contributed by atoms with Gasteiger partial charge in [-0.05, 0) is 49.9 Å². The fourth-order valence-corrected chi connectivity index (χ4v) is 2.76. The number of fused-ring (bicyclic) bond motifs is 3. The third kappa shape index (κ3) is 2.91. The van der Waals surface area contributed by atoms with Crippen LogP contribution in [0.3, 0.4) is 0 Å². The van der Waals surface area contributed by atoms with Crippen molar-refractivity contribution in [3.05, 3.63) is 35.2 Å². The van der Waals surface area contributed by atoms with Crippen LogP contribution in [0.4, 0.5) is 5.82 Å². The minimum atomic E-state index is -0.0454. The maximum Gasteiger partial charge on any atom is 0.228 e. The van der Waals surface area contributed by atoms with Gasteiger partial charge in [0.15, 0.2) is 5.82 Å². The quantitative estimate of drug-likeness (QED) is 0.912. The number of rotatable bonds is 3. The molecule has 5 nitrogen and oxygen atoms in total. The Labute approximate surface area is 135 Å². The Morgan fingerprint density at radius 3 is 2.87 bits per heavy atom. The zero-order valence-electron chi connectivity index (χ0n) is 13.7. The van der Waals surface area contributed by atoms with E-state index in [0.717, 1.165) is 41.8 Å². The zero-order valence-corrected chi connectivity index (χ0v) is 13.7. The Bertz CT molecular complexity index is 771. The molecule has 0 aliphatic heterocycles. The lowest BCUT2D eigenvalue weighted by atomic mass is 9.91. The molecule has 1 unspecified atom stereocenters. The number of aromatic nitrogens is 2. The molecule has 5 heteroatoms. The molecule has 2 N–H and O–H groups in total. The molecule has 0 spiro atoms. The van der Waals surface area contributed by atoms with Crippen LogP contribution < -0.4 is 5.32 Å². The van der Waals surface area contributed by atoms with Gasteiger partial charge in [-0.1, -0.05) is 13.8 Å². The molecule has 0 saturated heterocycles.